The molecule has 0 saturated heterocycles. The summed E-state index contributed by atoms with van der Waals surface area (Å²) in [7, 11) is 0. The van der Waals surface area contributed by atoms with E-state index in [2.05, 4.69) is 10.5 Å². The highest BCUT2D eigenvalue weighted by molar-refractivity contribution is 6.01. The zero-order valence-electron chi connectivity index (χ0n) is 11.4. The second kappa shape index (κ2) is 6.05. The van der Waals surface area contributed by atoms with Crippen molar-refractivity contribution < 1.29 is 22.7 Å². The number of hydrazone groups is 1. The third-order valence-corrected chi connectivity index (χ3v) is 2.92. The van der Waals surface area contributed by atoms with Crippen LogP contribution in [0.1, 0.15) is 18.1 Å². The van der Waals surface area contributed by atoms with Crippen LogP contribution in [-0.4, -0.2) is 10.8 Å². The Morgan fingerprint density at radius 2 is 1.82 bits per heavy atom. The lowest BCUT2D eigenvalue weighted by Crippen LogP contribution is -2.09. The molecule has 0 radical (unpaired) electrons. The summed E-state index contributed by atoms with van der Waals surface area (Å²) in [6.45, 7) is 1.44. The first kappa shape index (κ1) is 15.8. The minimum Gasteiger partial charge on any atom is -0.507 e. The van der Waals surface area contributed by atoms with Crippen molar-refractivity contribution >= 4 is 11.4 Å². The summed E-state index contributed by atoms with van der Waals surface area (Å²) in [6, 6.07) is 8.11. The van der Waals surface area contributed by atoms with Crippen molar-refractivity contribution in [2.45, 2.75) is 13.1 Å². The van der Waals surface area contributed by atoms with Crippen LogP contribution in [-0.2, 0) is 6.18 Å². The van der Waals surface area contributed by atoms with Crippen molar-refractivity contribution in [2.24, 2.45) is 5.10 Å². The zero-order chi connectivity index (χ0) is 16.3. The van der Waals surface area contributed by atoms with E-state index in [0.29, 0.717) is 0 Å². The number of alkyl halides is 3. The summed E-state index contributed by atoms with van der Waals surface area (Å²) in [4.78, 5) is 0. The standard InChI is InChI=1S/C15H12F4N2O/c1-9(11-8-10(16)6-7-14(11)22)20-21-13-5-3-2-4-12(13)15(17,18)19/h2-8,21-22H,1H3. The Morgan fingerprint density at radius 3 is 2.50 bits per heavy atom. The molecule has 0 atom stereocenters. The summed E-state index contributed by atoms with van der Waals surface area (Å²) in [5.41, 5.74) is 1.44. The van der Waals surface area contributed by atoms with Gasteiger partial charge in [0.25, 0.3) is 0 Å². The van der Waals surface area contributed by atoms with Crippen molar-refractivity contribution in [1.82, 2.24) is 0 Å². The maximum atomic E-state index is 13.2. The number of phenolic OH excluding ortho intramolecular Hbond substituents is 1. The highest BCUT2D eigenvalue weighted by Crippen LogP contribution is 2.34. The van der Waals surface area contributed by atoms with Crippen LogP contribution in [0.4, 0.5) is 23.2 Å². The van der Waals surface area contributed by atoms with Gasteiger partial charge in [-0.15, -0.1) is 0 Å². The van der Waals surface area contributed by atoms with Gasteiger partial charge >= 0.3 is 6.18 Å². The SMILES string of the molecule is CC(=NNc1ccccc1C(F)(F)F)c1cc(F)ccc1O. The number of para-hydroxylation sites is 1. The molecule has 7 heteroatoms. The predicted octanol–water partition coefficient (Wildman–Crippen LogP) is 4.39. The number of aromatic hydroxyl groups is 1. The molecule has 0 spiro atoms. The number of benzene rings is 2. The van der Waals surface area contributed by atoms with Gasteiger partial charge in [0.05, 0.1) is 17.0 Å². The van der Waals surface area contributed by atoms with E-state index in [0.717, 1.165) is 24.3 Å². The first-order valence-corrected chi connectivity index (χ1v) is 6.24. The van der Waals surface area contributed by atoms with Gasteiger partial charge in [-0.05, 0) is 37.3 Å². The Balaban J connectivity index is 2.31. The number of phenols is 1. The lowest BCUT2D eigenvalue weighted by molar-refractivity contribution is -0.136. The van der Waals surface area contributed by atoms with E-state index >= 15 is 0 Å². The van der Waals surface area contributed by atoms with E-state index in [1.807, 2.05) is 0 Å². The Labute approximate surface area is 123 Å². The van der Waals surface area contributed by atoms with E-state index in [1.165, 1.54) is 25.1 Å². The van der Waals surface area contributed by atoms with E-state index in [-0.39, 0.29) is 22.7 Å². The number of nitrogens with one attached hydrogen (secondary N) is 1. The van der Waals surface area contributed by atoms with Crippen molar-refractivity contribution in [3.63, 3.8) is 0 Å². The number of halogens is 4. The monoisotopic (exact) mass is 312 g/mol. The van der Waals surface area contributed by atoms with Gasteiger partial charge in [-0.2, -0.15) is 18.3 Å². The van der Waals surface area contributed by atoms with Crippen LogP contribution in [0.5, 0.6) is 5.75 Å². The molecule has 0 aliphatic heterocycles. The van der Waals surface area contributed by atoms with Gasteiger partial charge in [-0.3, -0.25) is 5.43 Å². The normalized spacial score (nSPS) is 12.3. The largest absolute Gasteiger partial charge is 0.507 e. The average molecular weight is 312 g/mol. The quantitative estimate of drug-likeness (QED) is 0.502. The molecule has 0 amide bonds. The molecule has 2 aromatic rings. The van der Waals surface area contributed by atoms with Crippen molar-refractivity contribution in [3.05, 3.63) is 59.4 Å². The molecule has 2 aromatic carbocycles. The fourth-order valence-electron chi connectivity index (χ4n) is 1.83. The third kappa shape index (κ3) is 3.55. The summed E-state index contributed by atoms with van der Waals surface area (Å²) in [5, 5.41) is 13.4. The Kier molecular flexibility index (Phi) is 4.35. The lowest BCUT2D eigenvalue weighted by atomic mass is 10.1. The molecule has 0 aromatic heterocycles. The van der Waals surface area contributed by atoms with Crippen LogP contribution >= 0.6 is 0 Å². The van der Waals surface area contributed by atoms with Gasteiger partial charge in [0.1, 0.15) is 11.6 Å². The minimum atomic E-state index is -4.52. The molecule has 0 unspecified atom stereocenters. The van der Waals surface area contributed by atoms with E-state index in [1.54, 1.807) is 0 Å². The number of rotatable bonds is 3. The second-order valence-electron chi connectivity index (χ2n) is 4.51. The highest BCUT2D eigenvalue weighted by atomic mass is 19.4. The molecule has 0 heterocycles. The molecule has 0 bridgehead atoms. The Hall–Kier alpha value is -2.57. The molecule has 3 nitrogen and oxygen atoms in total. The molecule has 22 heavy (non-hydrogen) atoms. The molecular formula is C15H12F4N2O. The Bertz CT molecular complexity index is 711. The molecule has 0 fully saturated rings. The van der Waals surface area contributed by atoms with Gasteiger partial charge in [0, 0.05) is 5.56 Å². The maximum Gasteiger partial charge on any atom is 0.418 e. The fourth-order valence-corrected chi connectivity index (χ4v) is 1.83. The molecule has 2 N–H and O–H groups in total. The summed E-state index contributed by atoms with van der Waals surface area (Å²) >= 11 is 0. The minimum absolute atomic E-state index is 0.0944. The zero-order valence-corrected chi connectivity index (χ0v) is 11.4. The first-order chi connectivity index (χ1) is 10.3. The fraction of sp³-hybridized carbons (Fsp3) is 0.133. The van der Waals surface area contributed by atoms with Crippen LogP contribution in [0.2, 0.25) is 0 Å². The van der Waals surface area contributed by atoms with Gasteiger partial charge in [0.2, 0.25) is 0 Å². The molecular weight excluding hydrogens is 300 g/mol. The van der Waals surface area contributed by atoms with Gasteiger partial charge < -0.3 is 5.11 Å². The van der Waals surface area contributed by atoms with E-state index in [9.17, 15) is 22.7 Å². The second-order valence-corrected chi connectivity index (χ2v) is 4.51. The van der Waals surface area contributed by atoms with Crippen LogP contribution in [0.15, 0.2) is 47.6 Å². The lowest BCUT2D eigenvalue weighted by Gasteiger charge is -2.12. The highest BCUT2D eigenvalue weighted by Gasteiger charge is 2.33. The number of hydrogen-bond donors (Lipinski definition) is 2. The molecule has 0 saturated carbocycles. The number of anilines is 1. The summed E-state index contributed by atoms with van der Waals surface area (Å²) in [6.07, 6.45) is -4.52. The first-order valence-electron chi connectivity index (χ1n) is 6.24. The topological polar surface area (TPSA) is 44.6 Å². The van der Waals surface area contributed by atoms with E-state index in [4.69, 9.17) is 0 Å². The Morgan fingerprint density at radius 1 is 1.14 bits per heavy atom. The van der Waals surface area contributed by atoms with Crippen LogP contribution in [0, 0.1) is 5.82 Å². The van der Waals surface area contributed by atoms with Crippen LogP contribution in [0.25, 0.3) is 0 Å². The van der Waals surface area contributed by atoms with Crippen LogP contribution < -0.4 is 5.43 Å². The smallest absolute Gasteiger partial charge is 0.418 e. The summed E-state index contributed by atoms with van der Waals surface area (Å²) in [5.74, 6) is -0.799. The van der Waals surface area contributed by atoms with Crippen molar-refractivity contribution in [2.75, 3.05) is 5.43 Å². The maximum absolute atomic E-state index is 13.2. The predicted molar refractivity (Wildman–Crippen MR) is 75.3 cm³/mol. The van der Waals surface area contributed by atoms with Gasteiger partial charge in [-0.1, -0.05) is 12.1 Å². The molecule has 0 aliphatic rings. The number of nitrogens with zero attached hydrogens (tertiary/aromatic N) is 1. The van der Waals surface area contributed by atoms with Crippen molar-refractivity contribution in [3.8, 4) is 5.75 Å². The van der Waals surface area contributed by atoms with Gasteiger partial charge in [-0.25, -0.2) is 4.39 Å². The molecule has 0 aliphatic carbocycles. The number of hydrogen-bond acceptors (Lipinski definition) is 3. The molecule has 116 valence electrons. The summed E-state index contributed by atoms with van der Waals surface area (Å²) < 4.78 is 51.7. The third-order valence-electron chi connectivity index (χ3n) is 2.92. The van der Waals surface area contributed by atoms with Gasteiger partial charge in [0.15, 0.2) is 0 Å². The molecule has 2 rings (SSSR count). The van der Waals surface area contributed by atoms with Crippen molar-refractivity contribution in [1.29, 1.82) is 0 Å². The van der Waals surface area contributed by atoms with Crippen LogP contribution in [0.3, 0.4) is 0 Å². The van der Waals surface area contributed by atoms with E-state index < -0.39 is 17.6 Å². The average Bonchev–Trinajstić information content (AvgIpc) is 2.46.